The van der Waals surface area contributed by atoms with E-state index in [9.17, 15) is 4.79 Å². The third-order valence-electron chi connectivity index (χ3n) is 1.89. The van der Waals surface area contributed by atoms with E-state index in [0.717, 1.165) is 18.4 Å². The molecule has 0 aliphatic carbocycles. The lowest BCUT2D eigenvalue weighted by atomic mass is 10.3. The largest absolute Gasteiger partial charge is 0.483 e. The summed E-state index contributed by atoms with van der Waals surface area (Å²) in [4.78, 5) is 11.7. The average Bonchev–Trinajstić information content (AvgIpc) is 2.21. The Morgan fingerprint density at radius 2 is 1.88 bits per heavy atom. The van der Waals surface area contributed by atoms with Gasteiger partial charge < -0.3 is 9.47 Å². The monoisotopic (exact) mass is 240 g/mol. The number of esters is 1. The zero-order valence-electron chi connectivity index (χ0n) is 11.6. The van der Waals surface area contributed by atoms with Crippen molar-refractivity contribution >= 4 is 5.97 Å². The first-order valence-corrected chi connectivity index (χ1v) is 6.14. The van der Waals surface area contributed by atoms with Crippen molar-refractivity contribution in [3.05, 3.63) is 23.5 Å². The maximum Gasteiger partial charge on any atom is 0.373 e. The van der Waals surface area contributed by atoms with Crippen molar-refractivity contribution < 1.29 is 14.3 Å². The second kappa shape index (κ2) is 8.85. The second-order valence-electron chi connectivity index (χ2n) is 4.40. The lowest BCUT2D eigenvalue weighted by Gasteiger charge is -2.11. The molecule has 0 atom stereocenters. The van der Waals surface area contributed by atoms with Crippen LogP contribution in [0.5, 0.6) is 0 Å². The molecular formula is C14H24O3. The van der Waals surface area contributed by atoms with Crippen LogP contribution >= 0.6 is 0 Å². The van der Waals surface area contributed by atoms with Crippen LogP contribution in [0.4, 0.5) is 0 Å². The lowest BCUT2D eigenvalue weighted by molar-refractivity contribution is -0.146. The number of hydrogen-bond acceptors (Lipinski definition) is 3. The third-order valence-corrected chi connectivity index (χ3v) is 1.89. The van der Waals surface area contributed by atoms with E-state index in [2.05, 4.69) is 6.92 Å². The molecule has 98 valence electrons. The van der Waals surface area contributed by atoms with Gasteiger partial charge in [0.1, 0.15) is 6.61 Å². The van der Waals surface area contributed by atoms with Gasteiger partial charge >= 0.3 is 5.97 Å². The SMILES string of the molecule is CCC/C=C(\OCC=C(C)C)C(=O)OC(C)C. The molecule has 0 unspecified atom stereocenters. The Kier molecular flexibility index (Phi) is 8.20. The van der Waals surface area contributed by atoms with Crippen molar-refractivity contribution in [1.29, 1.82) is 0 Å². The van der Waals surface area contributed by atoms with Gasteiger partial charge in [-0.2, -0.15) is 0 Å². The highest BCUT2D eigenvalue weighted by Gasteiger charge is 2.13. The van der Waals surface area contributed by atoms with Crippen molar-refractivity contribution in [1.82, 2.24) is 0 Å². The molecule has 0 fully saturated rings. The van der Waals surface area contributed by atoms with E-state index in [1.54, 1.807) is 6.08 Å². The maximum absolute atomic E-state index is 11.7. The molecule has 0 spiro atoms. The van der Waals surface area contributed by atoms with Gasteiger partial charge in [-0.3, -0.25) is 0 Å². The van der Waals surface area contributed by atoms with Crippen molar-refractivity contribution in [2.45, 2.75) is 53.6 Å². The Morgan fingerprint density at radius 3 is 2.35 bits per heavy atom. The molecular weight excluding hydrogens is 216 g/mol. The summed E-state index contributed by atoms with van der Waals surface area (Å²) in [6.07, 6.45) is 5.40. The minimum absolute atomic E-state index is 0.125. The first kappa shape index (κ1) is 15.8. The quantitative estimate of drug-likeness (QED) is 0.295. The summed E-state index contributed by atoms with van der Waals surface area (Å²) in [6.45, 7) is 10.1. The highest BCUT2D eigenvalue weighted by molar-refractivity contribution is 5.86. The molecule has 0 aromatic heterocycles. The summed E-state index contributed by atoms with van der Waals surface area (Å²) < 4.78 is 10.5. The average molecular weight is 240 g/mol. The molecule has 0 N–H and O–H groups in total. The van der Waals surface area contributed by atoms with Gasteiger partial charge in [0.2, 0.25) is 5.76 Å². The van der Waals surface area contributed by atoms with E-state index in [1.165, 1.54) is 0 Å². The fraction of sp³-hybridized carbons (Fsp3) is 0.643. The van der Waals surface area contributed by atoms with Gasteiger partial charge in [-0.15, -0.1) is 0 Å². The van der Waals surface area contributed by atoms with Crippen LogP contribution in [0.2, 0.25) is 0 Å². The van der Waals surface area contributed by atoms with E-state index < -0.39 is 0 Å². The molecule has 0 bridgehead atoms. The van der Waals surface area contributed by atoms with Gasteiger partial charge in [0.15, 0.2) is 0 Å². The van der Waals surface area contributed by atoms with Crippen LogP contribution in [0.25, 0.3) is 0 Å². The number of ether oxygens (including phenoxy) is 2. The Bertz CT molecular complexity index is 284. The third kappa shape index (κ3) is 8.55. The number of carbonyl (C=O) groups is 1. The van der Waals surface area contributed by atoms with Crippen LogP contribution in [0.1, 0.15) is 47.5 Å². The fourth-order valence-electron chi connectivity index (χ4n) is 1.05. The smallest absolute Gasteiger partial charge is 0.373 e. The lowest BCUT2D eigenvalue weighted by Crippen LogP contribution is -2.15. The Balaban J connectivity index is 4.43. The predicted octanol–water partition coefficient (Wildman–Crippen LogP) is 3.60. The summed E-state index contributed by atoms with van der Waals surface area (Å²) in [5.41, 5.74) is 1.16. The maximum atomic E-state index is 11.7. The van der Waals surface area contributed by atoms with E-state index >= 15 is 0 Å². The predicted molar refractivity (Wildman–Crippen MR) is 69.6 cm³/mol. The normalized spacial score (nSPS) is 11.3. The molecule has 0 saturated heterocycles. The van der Waals surface area contributed by atoms with Gasteiger partial charge in [0.25, 0.3) is 0 Å². The van der Waals surface area contributed by atoms with Crippen LogP contribution in [-0.2, 0) is 14.3 Å². The first-order chi connectivity index (χ1) is 7.97. The highest BCUT2D eigenvalue weighted by Crippen LogP contribution is 2.07. The minimum atomic E-state index is -0.379. The topological polar surface area (TPSA) is 35.5 Å². The second-order valence-corrected chi connectivity index (χ2v) is 4.40. The van der Waals surface area contributed by atoms with E-state index in [1.807, 2.05) is 33.8 Å². The molecule has 0 radical (unpaired) electrons. The highest BCUT2D eigenvalue weighted by atomic mass is 16.6. The summed E-state index contributed by atoms with van der Waals surface area (Å²) in [5, 5.41) is 0. The van der Waals surface area contributed by atoms with Gasteiger partial charge in [-0.25, -0.2) is 4.79 Å². The van der Waals surface area contributed by atoms with Crippen molar-refractivity contribution in [2.75, 3.05) is 6.61 Å². The number of unbranched alkanes of at least 4 members (excludes halogenated alkanes) is 1. The van der Waals surface area contributed by atoms with Gasteiger partial charge in [-0.05, 0) is 46.3 Å². The Hall–Kier alpha value is -1.25. The molecule has 0 amide bonds. The van der Waals surface area contributed by atoms with Gasteiger partial charge in [0, 0.05) is 0 Å². The van der Waals surface area contributed by atoms with Crippen LogP contribution in [0.15, 0.2) is 23.5 Å². The van der Waals surface area contributed by atoms with E-state index in [0.29, 0.717) is 12.4 Å². The van der Waals surface area contributed by atoms with Crippen LogP contribution in [0, 0.1) is 0 Å². The van der Waals surface area contributed by atoms with Gasteiger partial charge in [0.05, 0.1) is 6.10 Å². The molecule has 0 heterocycles. The standard InChI is InChI=1S/C14H24O3/c1-6-7-8-13(14(15)17-12(4)5)16-10-9-11(2)3/h8-9,12H,6-7,10H2,1-5H3/b13-8-. The molecule has 3 nitrogen and oxygen atoms in total. The van der Waals surface area contributed by atoms with E-state index in [4.69, 9.17) is 9.47 Å². The van der Waals surface area contributed by atoms with Crippen LogP contribution in [0.3, 0.4) is 0 Å². The molecule has 3 heteroatoms. The minimum Gasteiger partial charge on any atom is -0.483 e. The number of hydrogen-bond donors (Lipinski definition) is 0. The molecule has 17 heavy (non-hydrogen) atoms. The number of rotatable bonds is 7. The molecule has 0 aromatic rings. The van der Waals surface area contributed by atoms with Gasteiger partial charge in [-0.1, -0.05) is 18.9 Å². The van der Waals surface area contributed by atoms with Crippen LogP contribution < -0.4 is 0 Å². The summed E-state index contributed by atoms with van der Waals surface area (Å²) >= 11 is 0. The van der Waals surface area contributed by atoms with Crippen molar-refractivity contribution in [2.24, 2.45) is 0 Å². The molecule has 0 aromatic carbocycles. The number of carbonyl (C=O) groups excluding carboxylic acids is 1. The first-order valence-electron chi connectivity index (χ1n) is 6.14. The Labute approximate surface area is 104 Å². The molecule has 0 saturated carbocycles. The summed E-state index contributed by atoms with van der Waals surface area (Å²) in [7, 11) is 0. The van der Waals surface area contributed by atoms with Crippen molar-refractivity contribution in [3.63, 3.8) is 0 Å². The summed E-state index contributed by atoms with van der Waals surface area (Å²) in [6, 6.07) is 0. The Morgan fingerprint density at radius 1 is 1.24 bits per heavy atom. The molecule has 0 aliphatic rings. The van der Waals surface area contributed by atoms with Crippen LogP contribution in [-0.4, -0.2) is 18.7 Å². The molecule has 0 rings (SSSR count). The summed E-state index contributed by atoms with van der Waals surface area (Å²) in [5.74, 6) is -0.0614. The van der Waals surface area contributed by atoms with Crippen molar-refractivity contribution in [3.8, 4) is 0 Å². The van der Waals surface area contributed by atoms with E-state index in [-0.39, 0.29) is 12.1 Å². The number of allylic oxidation sites excluding steroid dienone is 2. The zero-order chi connectivity index (χ0) is 13.3. The fourth-order valence-corrected chi connectivity index (χ4v) is 1.05. The molecule has 0 aliphatic heterocycles. The zero-order valence-corrected chi connectivity index (χ0v) is 11.6.